The van der Waals surface area contributed by atoms with Gasteiger partial charge in [-0.2, -0.15) is 0 Å². The van der Waals surface area contributed by atoms with Gasteiger partial charge in [-0.15, -0.1) is 0 Å². The molecule has 0 heterocycles. The van der Waals surface area contributed by atoms with Gasteiger partial charge >= 0.3 is 5.91 Å². The van der Waals surface area contributed by atoms with Crippen LogP contribution in [0.5, 0.6) is 0 Å². The zero-order valence-corrected chi connectivity index (χ0v) is 13.9. The zero-order valence-electron chi connectivity index (χ0n) is 13.9. The molecule has 0 aromatic heterocycles. The first kappa shape index (κ1) is 17.7. The quantitative estimate of drug-likeness (QED) is 0.646. The summed E-state index contributed by atoms with van der Waals surface area (Å²) in [6, 6.07) is 10.0. The van der Waals surface area contributed by atoms with Gasteiger partial charge in [-0.05, 0) is 37.9 Å². The van der Waals surface area contributed by atoms with Crippen molar-refractivity contribution in [2.24, 2.45) is 0 Å². The van der Waals surface area contributed by atoms with Gasteiger partial charge in [0.1, 0.15) is 11.7 Å². The predicted molar refractivity (Wildman–Crippen MR) is 93.8 cm³/mol. The van der Waals surface area contributed by atoms with Crippen molar-refractivity contribution in [2.45, 2.75) is 38.1 Å². The predicted octanol–water partition coefficient (Wildman–Crippen LogP) is 2.07. The van der Waals surface area contributed by atoms with E-state index >= 15 is 0 Å². The van der Waals surface area contributed by atoms with E-state index in [0.717, 1.165) is 31.4 Å². The number of carbonyl (C=O) groups excluding carboxylic acids is 1. The van der Waals surface area contributed by atoms with Crippen LogP contribution in [0.15, 0.2) is 30.3 Å². The number of hydrogen-bond acceptors (Lipinski definition) is 3. The highest BCUT2D eigenvalue weighted by molar-refractivity contribution is 5.90. The fourth-order valence-electron chi connectivity index (χ4n) is 3.54. The molecule has 1 aromatic carbocycles. The number of aliphatic hydroxyl groups is 1. The van der Waals surface area contributed by atoms with Gasteiger partial charge in [0.05, 0.1) is 6.54 Å². The van der Waals surface area contributed by atoms with Crippen LogP contribution in [-0.4, -0.2) is 43.8 Å². The molecule has 2 N–H and O–H groups in total. The Hall–Kier alpha value is -1.67. The maximum atomic E-state index is 12.8. The third-order valence-corrected chi connectivity index (χ3v) is 4.71. The Morgan fingerprint density at radius 2 is 1.91 bits per heavy atom. The summed E-state index contributed by atoms with van der Waals surface area (Å²) in [5.74, 6) is 6.08. The standard InChI is InChI=1S/C19H27N2O2/c1-20-14-8-9-15-21(19(23)16-22,17-10-4-2-5-11-17)18-12-6-3-7-13-18/h2,4-5,10-11,18,20,22H,3,6-7,12-16H2,1H3/q+1. The van der Waals surface area contributed by atoms with Gasteiger partial charge in [0.15, 0.2) is 13.2 Å². The molecule has 1 fully saturated rings. The highest BCUT2D eigenvalue weighted by Crippen LogP contribution is 2.34. The summed E-state index contributed by atoms with van der Waals surface area (Å²) in [4.78, 5) is 12.8. The molecule has 2 rings (SSSR count). The van der Waals surface area contributed by atoms with Gasteiger partial charge in [-0.3, -0.25) is 0 Å². The van der Waals surface area contributed by atoms with E-state index in [4.69, 9.17) is 0 Å². The van der Waals surface area contributed by atoms with Crippen LogP contribution in [0, 0.1) is 11.8 Å². The Balaban J connectivity index is 2.44. The Morgan fingerprint density at radius 1 is 1.22 bits per heavy atom. The molecule has 4 nitrogen and oxygen atoms in total. The number of rotatable bonds is 5. The number of aliphatic hydroxyl groups excluding tert-OH is 1. The summed E-state index contributed by atoms with van der Waals surface area (Å²) < 4.78 is 0.161. The van der Waals surface area contributed by atoms with E-state index < -0.39 is 6.61 Å². The number of carbonyl (C=O) groups is 1. The molecule has 0 saturated heterocycles. The summed E-state index contributed by atoms with van der Waals surface area (Å²) in [5.41, 5.74) is 0.942. The minimum Gasteiger partial charge on any atom is -0.382 e. The van der Waals surface area contributed by atoms with Crippen LogP contribution in [0.25, 0.3) is 0 Å². The average molecular weight is 315 g/mol. The molecule has 1 atom stereocenters. The van der Waals surface area contributed by atoms with Crippen LogP contribution in [0.3, 0.4) is 0 Å². The van der Waals surface area contributed by atoms with Crippen molar-refractivity contribution in [3.8, 4) is 11.8 Å². The SMILES string of the molecule is CNCC#CC[N+](C(=O)CO)(c1ccccc1)C1CCCCC1. The first-order valence-corrected chi connectivity index (χ1v) is 8.43. The Bertz CT molecular complexity index is 556. The molecule has 23 heavy (non-hydrogen) atoms. The summed E-state index contributed by atoms with van der Waals surface area (Å²) in [5, 5.41) is 12.6. The molecule has 1 aliphatic rings. The molecule has 124 valence electrons. The molecule has 1 aromatic rings. The summed E-state index contributed by atoms with van der Waals surface area (Å²) in [7, 11) is 1.86. The van der Waals surface area contributed by atoms with Crippen LogP contribution >= 0.6 is 0 Å². The van der Waals surface area contributed by atoms with E-state index in [1.165, 1.54) is 6.42 Å². The van der Waals surface area contributed by atoms with Crippen molar-refractivity contribution in [1.29, 1.82) is 0 Å². The third kappa shape index (κ3) is 4.00. The van der Waals surface area contributed by atoms with E-state index in [-0.39, 0.29) is 16.4 Å². The topological polar surface area (TPSA) is 49.3 Å². The summed E-state index contributed by atoms with van der Waals surface area (Å²) in [6.07, 6.45) is 5.52. The van der Waals surface area contributed by atoms with Crippen molar-refractivity contribution in [3.05, 3.63) is 30.3 Å². The first-order chi connectivity index (χ1) is 11.3. The number of benzene rings is 1. The normalized spacial score (nSPS) is 17.8. The molecule has 1 aliphatic carbocycles. The molecule has 1 saturated carbocycles. The second kappa shape index (κ2) is 8.83. The number of hydrogen-bond donors (Lipinski definition) is 2. The lowest BCUT2D eigenvalue weighted by Crippen LogP contribution is -2.62. The molecule has 0 aliphatic heterocycles. The number of amides is 1. The molecule has 0 radical (unpaired) electrons. The molecule has 1 unspecified atom stereocenters. The van der Waals surface area contributed by atoms with Gasteiger partial charge in [-0.1, -0.05) is 30.5 Å². The number of quaternary nitrogens is 1. The zero-order chi connectivity index (χ0) is 16.5. The highest BCUT2D eigenvalue weighted by Gasteiger charge is 2.45. The molecule has 0 bridgehead atoms. The fraction of sp³-hybridized carbons (Fsp3) is 0.526. The molecular weight excluding hydrogens is 288 g/mol. The van der Waals surface area contributed by atoms with Crippen LogP contribution < -0.4 is 9.80 Å². The van der Waals surface area contributed by atoms with Gasteiger partial charge in [0.2, 0.25) is 0 Å². The van der Waals surface area contributed by atoms with E-state index in [0.29, 0.717) is 13.1 Å². The second-order valence-corrected chi connectivity index (χ2v) is 6.09. The van der Waals surface area contributed by atoms with Crippen LogP contribution in [0.2, 0.25) is 0 Å². The molecule has 4 heteroatoms. The van der Waals surface area contributed by atoms with Gasteiger partial charge in [0, 0.05) is 12.8 Å². The molecular formula is C19H27N2O2+. The van der Waals surface area contributed by atoms with Crippen molar-refractivity contribution in [1.82, 2.24) is 9.80 Å². The van der Waals surface area contributed by atoms with E-state index in [9.17, 15) is 9.90 Å². The minimum absolute atomic E-state index is 0.151. The summed E-state index contributed by atoms with van der Waals surface area (Å²) in [6.45, 7) is 0.585. The maximum Gasteiger partial charge on any atom is 0.345 e. The average Bonchev–Trinajstić information content (AvgIpc) is 2.63. The fourth-order valence-corrected chi connectivity index (χ4v) is 3.54. The van der Waals surface area contributed by atoms with Gasteiger partial charge in [-0.25, -0.2) is 9.28 Å². The van der Waals surface area contributed by atoms with E-state index in [1.54, 1.807) is 0 Å². The minimum atomic E-state index is -0.445. The van der Waals surface area contributed by atoms with Crippen LogP contribution in [0.1, 0.15) is 32.1 Å². The largest absolute Gasteiger partial charge is 0.382 e. The Labute approximate surface area is 139 Å². The lowest BCUT2D eigenvalue weighted by atomic mass is 9.91. The summed E-state index contributed by atoms with van der Waals surface area (Å²) >= 11 is 0. The Morgan fingerprint density at radius 3 is 2.52 bits per heavy atom. The number of nitrogens with zero attached hydrogens (tertiary/aromatic N) is 1. The highest BCUT2D eigenvalue weighted by atomic mass is 16.3. The van der Waals surface area contributed by atoms with E-state index in [2.05, 4.69) is 17.2 Å². The second-order valence-electron chi connectivity index (χ2n) is 6.09. The van der Waals surface area contributed by atoms with E-state index in [1.807, 2.05) is 37.4 Å². The number of nitrogens with one attached hydrogen (secondary N) is 1. The number of para-hydroxylation sites is 1. The molecule has 0 spiro atoms. The Kier molecular flexibility index (Phi) is 6.79. The third-order valence-electron chi connectivity index (χ3n) is 4.71. The van der Waals surface area contributed by atoms with Crippen LogP contribution in [-0.2, 0) is 4.79 Å². The van der Waals surface area contributed by atoms with Crippen molar-refractivity contribution in [2.75, 3.05) is 26.7 Å². The maximum absolute atomic E-state index is 12.8. The smallest absolute Gasteiger partial charge is 0.345 e. The van der Waals surface area contributed by atoms with Gasteiger partial charge < -0.3 is 10.4 Å². The van der Waals surface area contributed by atoms with Crippen molar-refractivity contribution >= 4 is 11.6 Å². The van der Waals surface area contributed by atoms with Crippen LogP contribution in [0.4, 0.5) is 5.69 Å². The van der Waals surface area contributed by atoms with Gasteiger partial charge in [0.25, 0.3) is 0 Å². The lowest BCUT2D eigenvalue weighted by Gasteiger charge is -2.42. The first-order valence-electron chi connectivity index (χ1n) is 8.43. The monoisotopic (exact) mass is 315 g/mol. The van der Waals surface area contributed by atoms with Crippen molar-refractivity contribution in [3.63, 3.8) is 0 Å². The van der Waals surface area contributed by atoms with Crippen molar-refractivity contribution < 1.29 is 9.90 Å². The lowest BCUT2D eigenvalue weighted by molar-refractivity contribution is -0.135. The molecule has 1 amide bonds.